The van der Waals surface area contributed by atoms with Crippen LogP contribution in [0.5, 0.6) is 5.75 Å². The summed E-state index contributed by atoms with van der Waals surface area (Å²) in [6.45, 7) is 0.604. The van der Waals surface area contributed by atoms with Gasteiger partial charge < -0.3 is 15.2 Å². The molecule has 4 heteroatoms. The fourth-order valence-corrected chi connectivity index (χ4v) is 2.10. The van der Waals surface area contributed by atoms with Crippen LogP contribution < -0.4 is 5.32 Å². The minimum atomic E-state index is -0.152. The molecule has 0 aromatic heterocycles. The average Bonchev–Trinajstić information content (AvgIpc) is 2.49. The van der Waals surface area contributed by atoms with Crippen molar-refractivity contribution < 1.29 is 14.6 Å². The molecule has 2 N–H and O–H groups in total. The van der Waals surface area contributed by atoms with Gasteiger partial charge in [0.2, 0.25) is 5.91 Å². The lowest BCUT2D eigenvalue weighted by Gasteiger charge is -2.11. The summed E-state index contributed by atoms with van der Waals surface area (Å²) >= 11 is 0. The Balaban J connectivity index is 2.04. The van der Waals surface area contributed by atoms with Crippen LogP contribution >= 0.6 is 0 Å². The molecule has 0 unspecified atom stereocenters. The number of methoxy groups -OCH3 is 1. The van der Waals surface area contributed by atoms with Crippen LogP contribution in [0, 0.1) is 0 Å². The molecule has 0 saturated carbocycles. The van der Waals surface area contributed by atoms with Gasteiger partial charge in [-0.15, -0.1) is 0 Å². The summed E-state index contributed by atoms with van der Waals surface area (Å²) in [4.78, 5) is 12.1. The average molecular weight is 285 g/mol. The molecule has 0 aliphatic rings. The molecule has 2 aromatic rings. The van der Waals surface area contributed by atoms with Gasteiger partial charge in [-0.3, -0.25) is 4.79 Å². The molecule has 0 saturated heterocycles. The topological polar surface area (TPSA) is 58.6 Å². The summed E-state index contributed by atoms with van der Waals surface area (Å²) in [7, 11) is 1.65. The molecule has 0 spiro atoms. The van der Waals surface area contributed by atoms with E-state index < -0.39 is 0 Å². The van der Waals surface area contributed by atoms with Crippen molar-refractivity contribution in [3.8, 4) is 5.75 Å². The van der Waals surface area contributed by atoms with Gasteiger partial charge in [-0.2, -0.15) is 0 Å². The summed E-state index contributed by atoms with van der Waals surface area (Å²) < 4.78 is 5.07. The zero-order valence-electron chi connectivity index (χ0n) is 12.0. The molecule has 1 amide bonds. The van der Waals surface area contributed by atoms with Crippen LogP contribution in [0.25, 0.3) is 0 Å². The highest BCUT2D eigenvalue weighted by Crippen LogP contribution is 2.19. The van der Waals surface area contributed by atoms with Crippen molar-refractivity contribution in [2.24, 2.45) is 0 Å². The van der Waals surface area contributed by atoms with Gasteiger partial charge in [0.15, 0.2) is 0 Å². The first kappa shape index (κ1) is 15.1. The molecule has 2 aromatic carbocycles. The Morgan fingerprint density at radius 3 is 2.48 bits per heavy atom. The fraction of sp³-hybridized carbons (Fsp3) is 0.235. The SMILES string of the molecule is COCCc1ccccc1NC(=O)Cc1ccccc1O. The number of hydrogen-bond acceptors (Lipinski definition) is 3. The lowest BCUT2D eigenvalue weighted by Crippen LogP contribution is -2.16. The predicted molar refractivity (Wildman–Crippen MR) is 82.5 cm³/mol. The van der Waals surface area contributed by atoms with Gasteiger partial charge in [-0.1, -0.05) is 36.4 Å². The highest BCUT2D eigenvalue weighted by Gasteiger charge is 2.09. The minimum Gasteiger partial charge on any atom is -0.508 e. The molecule has 2 rings (SSSR count). The second-order valence-electron chi connectivity index (χ2n) is 4.75. The summed E-state index contributed by atoms with van der Waals surface area (Å²) in [5, 5.41) is 12.6. The van der Waals surface area contributed by atoms with E-state index in [0.717, 1.165) is 17.7 Å². The van der Waals surface area contributed by atoms with Crippen molar-refractivity contribution in [2.75, 3.05) is 19.0 Å². The normalized spacial score (nSPS) is 10.3. The zero-order valence-corrected chi connectivity index (χ0v) is 12.0. The van der Waals surface area contributed by atoms with E-state index in [4.69, 9.17) is 4.74 Å². The first-order valence-corrected chi connectivity index (χ1v) is 6.84. The van der Waals surface area contributed by atoms with Crippen LogP contribution in [0.2, 0.25) is 0 Å². The van der Waals surface area contributed by atoms with Crippen LogP contribution in [0.15, 0.2) is 48.5 Å². The van der Waals surface area contributed by atoms with Gasteiger partial charge in [0.1, 0.15) is 5.75 Å². The molecule has 0 heterocycles. The van der Waals surface area contributed by atoms with Crippen molar-refractivity contribution in [3.63, 3.8) is 0 Å². The minimum absolute atomic E-state index is 0.139. The number of carbonyl (C=O) groups is 1. The van der Waals surface area contributed by atoms with Gasteiger partial charge in [-0.25, -0.2) is 0 Å². The molecule has 0 atom stereocenters. The third-order valence-electron chi connectivity index (χ3n) is 3.21. The highest BCUT2D eigenvalue weighted by atomic mass is 16.5. The summed E-state index contributed by atoms with van der Waals surface area (Å²) in [6, 6.07) is 14.5. The van der Waals surface area contributed by atoms with Crippen LogP contribution in [-0.2, 0) is 22.4 Å². The van der Waals surface area contributed by atoms with Crippen molar-refractivity contribution in [1.29, 1.82) is 0 Å². The Kier molecular flexibility index (Phi) is 5.35. The maximum Gasteiger partial charge on any atom is 0.228 e. The molecule has 0 aliphatic carbocycles. The van der Waals surface area contributed by atoms with Crippen LogP contribution in [0.4, 0.5) is 5.69 Å². The molecular formula is C17H19NO3. The van der Waals surface area contributed by atoms with E-state index in [1.54, 1.807) is 31.4 Å². The van der Waals surface area contributed by atoms with Gasteiger partial charge in [0, 0.05) is 18.4 Å². The van der Waals surface area contributed by atoms with Crippen molar-refractivity contribution in [3.05, 3.63) is 59.7 Å². The maximum absolute atomic E-state index is 12.1. The predicted octanol–water partition coefficient (Wildman–Crippen LogP) is 2.76. The maximum atomic E-state index is 12.1. The van der Waals surface area contributed by atoms with Crippen molar-refractivity contribution in [1.82, 2.24) is 0 Å². The number of anilines is 1. The molecule has 0 bridgehead atoms. The van der Waals surface area contributed by atoms with E-state index in [9.17, 15) is 9.90 Å². The van der Waals surface area contributed by atoms with Crippen LogP contribution in [0.1, 0.15) is 11.1 Å². The fourth-order valence-electron chi connectivity index (χ4n) is 2.10. The Morgan fingerprint density at radius 2 is 1.76 bits per heavy atom. The first-order chi connectivity index (χ1) is 10.2. The molecule has 110 valence electrons. The summed E-state index contributed by atoms with van der Waals surface area (Å²) in [5.41, 5.74) is 2.43. The second kappa shape index (κ2) is 7.45. The number of aromatic hydroxyl groups is 1. The number of carbonyl (C=O) groups excluding carboxylic acids is 1. The number of hydrogen-bond donors (Lipinski definition) is 2. The Labute approximate surface area is 124 Å². The van der Waals surface area contributed by atoms with Gasteiger partial charge >= 0.3 is 0 Å². The monoisotopic (exact) mass is 285 g/mol. The van der Waals surface area contributed by atoms with E-state index in [0.29, 0.717) is 12.2 Å². The van der Waals surface area contributed by atoms with Crippen LogP contribution in [0.3, 0.4) is 0 Å². The molecule has 0 aliphatic heterocycles. The number of ether oxygens (including phenoxy) is 1. The summed E-state index contributed by atoms with van der Waals surface area (Å²) in [6.07, 6.45) is 0.884. The quantitative estimate of drug-likeness (QED) is 0.858. The second-order valence-corrected chi connectivity index (χ2v) is 4.75. The van der Waals surface area contributed by atoms with Gasteiger partial charge in [0.05, 0.1) is 13.0 Å². The number of phenolic OH excluding ortho intramolecular Hbond substituents is 1. The van der Waals surface area contributed by atoms with Crippen LogP contribution in [-0.4, -0.2) is 24.7 Å². The zero-order chi connectivity index (χ0) is 15.1. The van der Waals surface area contributed by atoms with Crippen molar-refractivity contribution >= 4 is 11.6 Å². The molecule has 0 fully saturated rings. The Morgan fingerprint density at radius 1 is 1.10 bits per heavy atom. The molecule has 4 nitrogen and oxygen atoms in total. The molecule has 21 heavy (non-hydrogen) atoms. The third-order valence-corrected chi connectivity index (χ3v) is 3.21. The van der Waals surface area contributed by atoms with E-state index in [-0.39, 0.29) is 18.1 Å². The highest BCUT2D eigenvalue weighted by molar-refractivity contribution is 5.93. The molecular weight excluding hydrogens is 266 g/mol. The number of rotatable bonds is 6. The number of para-hydroxylation sites is 2. The van der Waals surface area contributed by atoms with E-state index in [1.165, 1.54) is 0 Å². The van der Waals surface area contributed by atoms with E-state index >= 15 is 0 Å². The van der Waals surface area contributed by atoms with E-state index in [2.05, 4.69) is 5.32 Å². The third kappa shape index (κ3) is 4.33. The first-order valence-electron chi connectivity index (χ1n) is 6.84. The lowest BCUT2D eigenvalue weighted by atomic mass is 10.1. The van der Waals surface area contributed by atoms with Crippen molar-refractivity contribution in [2.45, 2.75) is 12.8 Å². The lowest BCUT2D eigenvalue weighted by molar-refractivity contribution is -0.115. The Bertz CT molecular complexity index is 610. The van der Waals surface area contributed by atoms with Gasteiger partial charge in [-0.05, 0) is 24.1 Å². The Hall–Kier alpha value is -2.33. The summed E-state index contributed by atoms with van der Waals surface area (Å²) in [5.74, 6) is -0.0123. The van der Waals surface area contributed by atoms with Gasteiger partial charge in [0.25, 0.3) is 0 Å². The largest absolute Gasteiger partial charge is 0.508 e. The number of nitrogens with one attached hydrogen (secondary N) is 1. The number of benzene rings is 2. The number of phenols is 1. The smallest absolute Gasteiger partial charge is 0.228 e. The standard InChI is InChI=1S/C17H19NO3/c1-21-11-10-13-6-2-4-8-15(13)18-17(20)12-14-7-3-5-9-16(14)19/h2-9,19H,10-12H2,1H3,(H,18,20). The van der Waals surface area contributed by atoms with E-state index in [1.807, 2.05) is 24.3 Å². The number of amides is 1. The molecule has 0 radical (unpaired) electrons.